The molecule has 1 heterocycles. The Balaban J connectivity index is 1.81. The first-order valence-corrected chi connectivity index (χ1v) is 6.75. The quantitative estimate of drug-likeness (QED) is 0.865. The molecule has 0 amide bonds. The molecule has 1 aromatic carbocycles. The second-order valence-electron chi connectivity index (χ2n) is 5.32. The minimum Gasteiger partial charge on any atom is -0.497 e. The Bertz CT molecular complexity index is 363. The van der Waals surface area contributed by atoms with Gasteiger partial charge in [-0.15, -0.1) is 0 Å². The third-order valence-electron chi connectivity index (χ3n) is 3.82. The van der Waals surface area contributed by atoms with Crippen LogP contribution in [0.15, 0.2) is 24.3 Å². The zero-order valence-corrected chi connectivity index (χ0v) is 11.6. The van der Waals surface area contributed by atoms with Crippen LogP contribution in [0.5, 0.6) is 5.75 Å². The lowest BCUT2D eigenvalue weighted by Gasteiger charge is -2.18. The number of benzene rings is 1. The summed E-state index contributed by atoms with van der Waals surface area (Å²) in [6, 6.07) is 8.73. The molecule has 1 N–H and O–H groups in total. The summed E-state index contributed by atoms with van der Waals surface area (Å²) >= 11 is 0. The van der Waals surface area contributed by atoms with Crippen molar-refractivity contribution in [2.75, 3.05) is 33.8 Å². The van der Waals surface area contributed by atoms with E-state index < -0.39 is 0 Å². The molecule has 1 aliphatic heterocycles. The van der Waals surface area contributed by atoms with Crippen LogP contribution in [-0.2, 0) is 0 Å². The topological polar surface area (TPSA) is 24.5 Å². The first-order valence-electron chi connectivity index (χ1n) is 6.75. The molecule has 0 saturated carbocycles. The molecule has 1 aromatic rings. The van der Waals surface area contributed by atoms with Crippen LogP contribution in [-0.4, -0.2) is 38.7 Å². The summed E-state index contributed by atoms with van der Waals surface area (Å²) in [6.45, 7) is 5.80. The van der Waals surface area contributed by atoms with Crippen molar-refractivity contribution >= 4 is 0 Å². The average Bonchev–Trinajstić information content (AvgIpc) is 2.82. The van der Waals surface area contributed by atoms with Crippen molar-refractivity contribution < 1.29 is 4.74 Å². The average molecular weight is 248 g/mol. The number of nitrogens with zero attached hydrogens (tertiary/aromatic N) is 1. The normalized spacial score (nSPS) is 22.1. The maximum Gasteiger partial charge on any atom is 0.118 e. The molecule has 1 saturated heterocycles. The van der Waals surface area contributed by atoms with Crippen molar-refractivity contribution in [1.82, 2.24) is 10.2 Å². The first-order chi connectivity index (χ1) is 8.69. The molecule has 0 radical (unpaired) electrons. The number of hydrogen-bond donors (Lipinski definition) is 1. The molecule has 0 bridgehead atoms. The third kappa shape index (κ3) is 3.47. The number of methoxy groups -OCH3 is 1. The van der Waals surface area contributed by atoms with E-state index in [1.54, 1.807) is 7.11 Å². The van der Waals surface area contributed by atoms with E-state index in [0.717, 1.165) is 18.2 Å². The Kier molecular flexibility index (Phi) is 4.61. The van der Waals surface area contributed by atoms with Crippen molar-refractivity contribution in [2.45, 2.75) is 19.4 Å². The molecule has 2 unspecified atom stereocenters. The molecule has 2 rings (SSSR count). The first kappa shape index (κ1) is 13.4. The second kappa shape index (κ2) is 6.21. The van der Waals surface area contributed by atoms with Gasteiger partial charge in [0.25, 0.3) is 0 Å². The Morgan fingerprint density at radius 3 is 2.67 bits per heavy atom. The Hall–Kier alpha value is -1.06. The summed E-state index contributed by atoms with van der Waals surface area (Å²) in [5.41, 5.74) is 1.32. The molecule has 100 valence electrons. The minimum atomic E-state index is 0.404. The predicted molar refractivity (Wildman–Crippen MR) is 75.0 cm³/mol. The third-order valence-corrected chi connectivity index (χ3v) is 3.82. The molecule has 2 atom stereocenters. The second-order valence-corrected chi connectivity index (χ2v) is 5.32. The fourth-order valence-corrected chi connectivity index (χ4v) is 2.55. The zero-order valence-electron chi connectivity index (χ0n) is 11.6. The lowest BCUT2D eigenvalue weighted by molar-refractivity contribution is 0.382. The minimum absolute atomic E-state index is 0.404. The van der Waals surface area contributed by atoms with Gasteiger partial charge in [0.2, 0.25) is 0 Å². The summed E-state index contributed by atoms with van der Waals surface area (Å²) in [4.78, 5) is 2.41. The van der Waals surface area contributed by atoms with Crippen LogP contribution in [0, 0.1) is 5.92 Å². The van der Waals surface area contributed by atoms with Crippen LogP contribution >= 0.6 is 0 Å². The van der Waals surface area contributed by atoms with Crippen LogP contribution in [0.2, 0.25) is 0 Å². The highest BCUT2D eigenvalue weighted by molar-refractivity contribution is 5.28. The van der Waals surface area contributed by atoms with Gasteiger partial charge in [-0.3, -0.25) is 0 Å². The molecule has 0 aromatic heterocycles. The molecule has 1 aliphatic rings. The number of rotatable bonds is 5. The SMILES string of the molecule is COc1ccc(C(C)NCC2CCN(C)C2)cc1. The summed E-state index contributed by atoms with van der Waals surface area (Å²) in [7, 11) is 3.90. The van der Waals surface area contributed by atoms with Gasteiger partial charge >= 0.3 is 0 Å². The largest absolute Gasteiger partial charge is 0.497 e. The maximum atomic E-state index is 5.18. The lowest BCUT2D eigenvalue weighted by atomic mass is 10.1. The smallest absolute Gasteiger partial charge is 0.118 e. The van der Waals surface area contributed by atoms with Gasteiger partial charge in [0.1, 0.15) is 5.75 Å². The van der Waals surface area contributed by atoms with Gasteiger partial charge in [-0.1, -0.05) is 12.1 Å². The molecule has 3 nitrogen and oxygen atoms in total. The fourth-order valence-electron chi connectivity index (χ4n) is 2.55. The van der Waals surface area contributed by atoms with Gasteiger partial charge in [-0.25, -0.2) is 0 Å². The highest BCUT2D eigenvalue weighted by Gasteiger charge is 2.19. The van der Waals surface area contributed by atoms with Crippen molar-refractivity contribution in [3.8, 4) is 5.75 Å². The summed E-state index contributed by atoms with van der Waals surface area (Å²) in [5.74, 6) is 1.72. The van der Waals surface area contributed by atoms with Crippen LogP contribution in [0.4, 0.5) is 0 Å². The molecule has 18 heavy (non-hydrogen) atoms. The summed E-state index contributed by atoms with van der Waals surface area (Å²) < 4.78 is 5.18. The van der Waals surface area contributed by atoms with Crippen molar-refractivity contribution in [2.24, 2.45) is 5.92 Å². The van der Waals surface area contributed by atoms with Crippen molar-refractivity contribution in [3.05, 3.63) is 29.8 Å². The Morgan fingerprint density at radius 1 is 1.39 bits per heavy atom. The predicted octanol–water partition coefficient (Wildman–Crippen LogP) is 2.30. The van der Waals surface area contributed by atoms with E-state index in [1.807, 2.05) is 12.1 Å². The van der Waals surface area contributed by atoms with Crippen molar-refractivity contribution in [1.29, 1.82) is 0 Å². The van der Waals surface area contributed by atoms with E-state index in [1.165, 1.54) is 25.1 Å². The number of ether oxygens (including phenoxy) is 1. The van der Waals surface area contributed by atoms with E-state index in [9.17, 15) is 0 Å². The van der Waals surface area contributed by atoms with Crippen LogP contribution in [0.1, 0.15) is 24.9 Å². The van der Waals surface area contributed by atoms with E-state index in [2.05, 4.69) is 36.3 Å². The fraction of sp³-hybridized carbons (Fsp3) is 0.600. The number of likely N-dealkylation sites (tertiary alicyclic amines) is 1. The summed E-state index contributed by atoms with van der Waals surface area (Å²) in [6.07, 6.45) is 1.32. The molecule has 0 spiro atoms. The van der Waals surface area contributed by atoms with Gasteiger partial charge < -0.3 is 15.0 Å². The van der Waals surface area contributed by atoms with Crippen LogP contribution < -0.4 is 10.1 Å². The van der Waals surface area contributed by atoms with Crippen molar-refractivity contribution in [3.63, 3.8) is 0 Å². The number of hydrogen-bond acceptors (Lipinski definition) is 3. The van der Waals surface area contributed by atoms with Gasteiger partial charge in [0.15, 0.2) is 0 Å². The molecular formula is C15H24N2O. The van der Waals surface area contributed by atoms with E-state index in [-0.39, 0.29) is 0 Å². The number of nitrogens with one attached hydrogen (secondary N) is 1. The maximum absolute atomic E-state index is 5.18. The highest BCUT2D eigenvalue weighted by atomic mass is 16.5. The van der Waals surface area contributed by atoms with E-state index in [4.69, 9.17) is 4.74 Å². The zero-order chi connectivity index (χ0) is 13.0. The van der Waals surface area contributed by atoms with Crippen LogP contribution in [0.25, 0.3) is 0 Å². The Morgan fingerprint density at radius 2 is 2.11 bits per heavy atom. The summed E-state index contributed by atoms with van der Waals surface area (Å²) in [5, 5.41) is 3.63. The molecular weight excluding hydrogens is 224 g/mol. The van der Waals surface area contributed by atoms with Crippen LogP contribution in [0.3, 0.4) is 0 Å². The monoisotopic (exact) mass is 248 g/mol. The molecule has 3 heteroatoms. The Labute approximate surface area is 110 Å². The van der Waals surface area contributed by atoms with Gasteiger partial charge in [0, 0.05) is 12.6 Å². The van der Waals surface area contributed by atoms with Gasteiger partial charge in [-0.2, -0.15) is 0 Å². The molecule has 0 aliphatic carbocycles. The van der Waals surface area contributed by atoms with E-state index in [0.29, 0.717) is 6.04 Å². The lowest BCUT2D eigenvalue weighted by Crippen LogP contribution is -2.27. The molecule has 1 fully saturated rings. The van der Waals surface area contributed by atoms with Gasteiger partial charge in [0.05, 0.1) is 7.11 Å². The van der Waals surface area contributed by atoms with E-state index >= 15 is 0 Å². The van der Waals surface area contributed by atoms with Gasteiger partial charge in [-0.05, 0) is 57.1 Å². The highest BCUT2D eigenvalue weighted by Crippen LogP contribution is 2.19. The standard InChI is InChI=1S/C15H24N2O/c1-12(14-4-6-15(18-3)7-5-14)16-10-13-8-9-17(2)11-13/h4-7,12-13,16H,8-11H2,1-3H3.